The summed E-state index contributed by atoms with van der Waals surface area (Å²) in [7, 11) is 0. The van der Waals surface area contributed by atoms with Crippen molar-refractivity contribution in [3.05, 3.63) is 0 Å². The van der Waals surface area contributed by atoms with Gasteiger partial charge in [0.2, 0.25) is 0 Å². The Hall–Kier alpha value is 1.46. The first kappa shape index (κ1) is 14.9. The maximum atomic E-state index is 2.82. The molecule has 0 aromatic heterocycles. The zero-order valence-corrected chi connectivity index (χ0v) is 16.2. The molecule has 0 saturated heterocycles. The van der Waals surface area contributed by atoms with Gasteiger partial charge in [-0.1, -0.05) is 72.4 Å². The molecule has 0 amide bonds. The Balaban J connectivity index is 2.54. The molecule has 0 aromatic rings. The van der Waals surface area contributed by atoms with Crippen LogP contribution in [-0.2, 0) is 0 Å². The van der Waals surface area contributed by atoms with Crippen LogP contribution >= 0.6 is 45.2 Å². The van der Waals surface area contributed by atoms with Gasteiger partial charge in [-0.15, -0.1) is 0 Å². The van der Waals surface area contributed by atoms with Crippen molar-refractivity contribution in [2.75, 3.05) is 0 Å². The maximum absolute atomic E-state index is 2.82. The number of hydrogen-bond donors (Lipinski definition) is 0. The Bertz CT molecular complexity index is 317. The van der Waals surface area contributed by atoms with Crippen molar-refractivity contribution >= 4 is 45.2 Å². The standard InChI is InChI=1S/C15H26I2/c1-6-15-9-7-8-11(15)10-12(2,3)13(4,16)14(15,5)17/h11H,6-10H2,1-5H3/t11?,13?,14-,15?/m0/s1. The van der Waals surface area contributed by atoms with Crippen molar-refractivity contribution < 1.29 is 0 Å². The molecule has 0 spiro atoms. The van der Waals surface area contributed by atoms with E-state index in [1.807, 2.05) is 0 Å². The van der Waals surface area contributed by atoms with Crippen LogP contribution in [0.1, 0.15) is 66.7 Å². The molecule has 2 aliphatic rings. The summed E-state index contributed by atoms with van der Waals surface area (Å²) in [6.07, 6.45) is 7.19. The van der Waals surface area contributed by atoms with E-state index in [4.69, 9.17) is 0 Å². The highest BCUT2D eigenvalue weighted by Crippen LogP contribution is 2.71. The lowest BCUT2D eigenvalue weighted by Crippen LogP contribution is -2.65. The largest absolute Gasteiger partial charge is 0.0771 e. The summed E-state index contributed by atoms with van der Waals surface area (Å²) in [4.78, 5) is 0. The van der Waals surface area contributed by atoms with Gasteiger partial charge in [0.1, 0.15) is 0 Å². The molecule has 0 bridgehead atoms. The molecule has 2 heteroatoms. The minimum Gasteiger partial charge on any atom is -0.0771 e. The molecule has 0 aromatic carbocycles. The van der Waals surface area contributed by atoms with Gasteiger partial charge in [0, 0.05) is 6.84 Å². The van der Waals surface area contributed by atoms with Crippen LogP contribution in [-0.4, -0.2) is 6.84 Å². The van der Waals surface area contributed by atoms with Crippen LogP contribution in [0, 0.1) is 16.7 Å². The normalized spacial score (nSPS) is 53.5. The Morgan fingerprint density at radius 2 is 1.65 bits per heavy atom. The van der Waals surface area contributed by atoms with Crippen molar-refractivity contribution in [2.24, 2.45) is 16.7 Å². The van der Waals surface area contributed by atoms with Crippen molar-refractivity contribution in [3.8, 4) is 0 Å². The average Bonchev–Trinajstić information content (AvgIpc) is 2.59. The van der Waals surface area contributed by atoms with Gasteiger partial charge in [0.25, 0.3) is 0 Å². The van der Waals surface area contributed by atoms with E-state index in [2.05, 4.69) is 79.8 Å². The molecule has 4 atom stereocenters. The molecule has 0 heterocycles. The fourth-order valence-corrected chi connectivity index (χ4v) is 7.35. The minimum absolute atomic E-state index is 0.384. The predicted molar refractivity (Wildman–Crippen MR) is 93.3 cm³/mol. The molecule has 100 valence electrons. The van der Waals surface area contributed by atoms with E-state index >= 15 is 0 Å². The van der Waals surface area contributed by atoms with E-state index < -0.39 is 0 Å². The van der Waals surface area contributed by atoms with E-state index in [0.717, 1.165) is 5.92 Å². The second-order valence-corrected chi connectivity index (χ2v) is 11.5. The molecule has 2 rings (SSSR count). The number of alkyl halides is 2. The third-order valence-corrected chi connectivity index (χ3v) is 12.2. The molecule has 3 unspecified atom stereocenters. The molecule has 2 fully saturated rings. The van der Waals surface area contributed by atoms with Crippen molar-refractivity contribution in [3.63, 3.8) is 0 Å². The Morgan fingerprint density at radius 3 is 2.18 bits per heavy atom. The summed E-state index contributed by atoms with van der Waals surface area (Å²) in [6, 6.07) is 0. The average molecular weight is 460 g/mol. The van der Waals surface area contributed by atoms with Crippen LogP contribution in [0.15, 0.2) is 0 Å². The van der Waals surface area contributed by atoms with E-state index in [1.54, 1.807) is 0 Å². The van der Waals surface area contributed by atoms with Crippen LogP contribution in [0.4, 0.5) is 0 Å². The smallest absolute Gasteiger partial charge is 0.0400 e. The van der Waals surface area contributed by atoms with Gasteiger partial charge in [0.15, 0.2) is 0 Å². The quantitative estimate of drug-likeness (QED) is 0.333. The molecule has 0 nitrogen and oxygen atoms in total. The first-order valence-corrected chi connectivity index (χ1v) is 9.16. The van der Waals surface area contributed by atoms with E-state index in [1.165, 1.54) is 32.1 Å². The first-order chi connectivity index (χ1) is 7.62. The first-order valence-electron chi connectivity index (χ1n) is 7.00. The number of hydrogen-bond acceptors (Lipinski definition) is 0. The van der Waals surface area contributed by atoms with Crippen molar-refractivity contribution in [1.82, 2.24) is 0 Å². The highest BCUT2D eigenvalue weighted by molar-refractivity contribution is 14.1. The van der Waals surface area contributed by atoms with Crippen LogP contribution in [0.2, 0.25) is 0 Å². The summed E-state index contributed by atoms with van der Waals surface area (Å²) in [6.45, 7) is 12.5. The highest BCUT2D eigenvalue weighted by Gasteiger charge is 2.67. The lowest BCUT2D eigenvalue weighted by molar-refractivity contribution is -0.00130. The molecular formula is C15H26I2. The highest BCUT2D eigenvalue weighted by atomic mass is 127. The maximum Gasteiger partial charge on any atom is 0.0400 e. The molecule has 0 radical (unpaired) electrons. The molecule has 0 aliphatic heterocycles. The van der Waals surface area contributed by atoms with Gasteiger partial charge < -0.3 is 0 Å². The molecule has 0 N–H and O–H groups in total. The van der Waals surface area contributed by atoms with Crippen LogP contribution in [0.25, 0.3) is 0 Å². The SMILES string of the molecule is CCC12CCCC1CC(C)(C)C(C)(I)[C@]2(C)I. The van der Waals surface area contributed by atoms with Crippen molar-refractivity contribution in [1.29, 1.82) is 0 Å². The fourth-order valence-electron chi connectivity index (χ4n) is 4.77. The summed E-state index contributed by atoms with van der Waals surface area (Å²) in [5.41, 5.74) is 1.05. The van der Waals surface area contributed by atoms with Crippen LogP contribution in [0.3, 0.4) is 0 Å². The summed E-state index contributed by atoms with van der Waals surface area (Å²) < 4.78 is 0.797. The third-order valence-electron chi connectivity index (χ3n) is 6.43. The van der Waals surface area contributed by atoms with Crippen molar-refractivity contribution in [2.45, 2.75) is 73.6 Å². The summed E-state index contributed by atoms with van der Waals surface area (Å²) in [5, 5.41) is 0. The Labute approximate surface area is 134 Å². The second-order valence-electron chi connectivity index (χ2n) is 7.19. The Kier molecular flexibility index (Phi) is 3.69. The molecule has 2 saturated carbocycles. The molecular weight excluding hydrogens is 434 g/mol. The van der Waals surface area contributed by atoms with Gasteiger partial charge in [-0.3, -0.25) is 0 Å². The lowest BCUT2D eigenvalue weighted by atomic mass is 9.50. The van der Waals surface area contributed by atoms with Gasteiger partial charge in [-0.2, -0.15) is 0 Å². The van der Waals surface area contributed by atoms with Gasteiger partial charge in [-0.25, -0.2) is 0 Å². The van der Waals surface area contributed by atoms with E-state index in [0.29, 0.717) is 17.7 Å². The zero-order valence-electron chi connectivity index (χ0n) is 11.9. The summed E-state index contributed by atoms with van der Waals surface area (Å²) in [5.74, 6) is 0.965. The minimum atomic E-state index is 0.384. The van der Waals surface area contributed by atoms with Crippen LogP contribution < -0.4 is 0 Å². The van der Waals surface area contributed by atoms with Gasteiger partial charge in [0.05, 0.1) is 0 Å². The van der Waals surface area contributed by atoms with Gasteiger partial charge in [-0.05, 0) is 56.3 Å². The Morgan fingerprint density at radius 1 is 1.06 bits per heavy atom. The summed E-state index contributed by atoms with van der Waals surface area (Å²) >= 11 is 5.60. The number of fused-ring (bicyclic) bond motifs is 1. The van der Waals surface area contributed by atoms with E-state index in [-0.39, 0.29) is 0 Å². The third kappa shape index (κ3) is 1.71. The fraction of sp³-hybridized carbons (Fsp3) is 1.00. The molecule has 2 aliphatic carbocycles. The predicted octanol–water partition coefficient (Wildman–Crippen LogP) is 6.00. The topological polar surface area (TPSA) is 0 Å². The number of halogens is 2. The lowest BCUT2D eigenvalue weighted by Gasteiger charge is -2.64. The monoisotopic (exact) mass is 460 g/mol. The zero-order chi connectivity index (χ0) is 13.1. The second kappa shape index (κ2) is 4.23. The van der Waals surface area contributed by atoms with E-state index in [9.17, 15) is 0 Å². The number of rotatable bonds is 1. The van der Waals surface area contributed by atoms with Crippen LogP contribution in [0.5, 0.6) is 0 Å². The van der Waals surface area contributed by atoms with Gasteiger partial charge >= 0.3 is 0 Å². The molecule has 17 heavy (non-hydrogen) atoms.